The minimum absolute atomic E-state index is 0.135. The largest absolute Gasteiger partial charge is 0.336 e. The van der Waals surface area contributed by atoms with E-state index in [4.69, 9.17) is 0 Å². The second-order valence-corrected chi connectivity index (χ2v) is 4.19. The Morgan fingerprint density at radius 3 is 2.65 bits per heavy atom. The lowest BCUT2D eigenvalue weighted by atomic mass is 10.2. The van der Waals surface area contributed by atoms with Crippen LogP contribution in [0.3, 0.4) is 0 Å². The number of carbonyl (C=O) groups is 1. The van der Waals surface area contributed by atoms with Crippen molar-refractivity contribution >= 4 is 11.7 Å². The molecular weight excluding hydrogens is 214 g/mol. The van der Waals surface area contributed by atoms with E-state index in [0.717, 1.165) is 24.3 Å². The van der Waals surface area contributed by atoms with Gasteiger partial charge in [-0.05, 0) is 32.0 Å². The lowest BCUT2D eigenvalue weighted by Gasteiger charge is -2.13. The molecule has 0 saturated heterocycles. The molecule has 1 aromatic rings. The van der Waals surface area contributed by atoms with Gasteiger partial charge in [-0.1, -0.05) is 25.1 Å². The second kappa shape index (κ2) is 6.91. The molecule has 0 spiro atoms. The van der Waals surface area contributed by atoms with Gasteiger partial charge in [0.25, 0.3) is 0 Å². The van der Waals surface area contributed by atoms with Gasteiger partial charge in [0.2, 0.25) is 0 Å². The third-order valence-electron chi connectivity index (χ3n) is 2.25. The number of hydrogen-bond donors (Lipinski definition) is 3. The maximum absolute atomic E-state index is 11.6. The van der Waals surface area contributed by atoms with Crippen LogP contribution in [0.4, 0.5) is 10.5 Å². The molecule has 0 heterocycles. The van der Waals surface area contributed by atoms with Crippen LogP contribution in [0, 0.1) is 0 Å². The van der Waals surface area contributed by atoms with Crippen molar-refractivity contribution in [1.82, 2.24) is 10.6 Å². The summed E-state index contributed by atoms with van der Waals surface area (Å²) in [7, 11) is 0. The number of anilines is 1. The standard InChI is InChI=1S/C13H21N3O/c1-4-14-9-11-7-5-6-8-12(11)16-13(17)15-10(2)3/h5-8,10,14H,4,9H2,1-3H3,(H2,15,16,17). The molecule has 0 bridgehead atoms. The van der Waals surface area contributed by atoms with E-state index in [9.17, 15) is 4.79 Å². The van der Waals surface area contributed by atoms with Crippen LogP contribution in [-0.2, 0) is 6.54 Å². The van der Waals surface area contributed by atoms with Crippen molar-refractivity contribution in [2.45, 2.75) is 33.4 Å². The number of nitrogens with one attached hydrogen (secondary N) is 3. The molecule has 4 heteroatoms. The van der Waals surface area contributed by atoms with Crippen LogP contribution in [0.25, 0.3) is 0 Å². The topological polar surface area (TPSA) is 53.2 Å². The number of rotatable bonds is 5. The van der Waals surface area contributed by atoms with Gasteiger partial charge < -0.3 is 16.0 Å². The monoisotopic (exact) mass is 235 g/mol. The Bertz CT molecular complexity index is 363. The molecule has 0 radical (unpaired) electrons. The van der Waals surface area contributed by atoms with Gasteiger partial charge in [0, 0.05) is 18.3 Å². The van der Waals surface area contributed by atoms with E-state index in [-0.39, 0.29) is 12.1 Å². The van der Waals surface area contributed by atoms with E-state index in [1.54, 1.807) is 0 Å². The molecule has 2 amide bonds. The number of hydrogen-bond acceptors (Lipinski definition) is 2. The van der Waals surface area contributed by atoms with E-state index >= 15 is 0 Å². The zero-order chi connectivity index (χ0) is 12.7. The van der Waals surface area contributed by atoms with Crippen LogP contribution in [0.5, 0.6) is 0 Å². The predicted octanol–water partition coefficient (Wildman–Crippen LogP) is 2.33. The first-order valence-corrected chi connectivity index (χ1v) is 5.99. The van der Waals surface area contributed by atoms with Crippen molar-refractivity contribution in [2.24, 2.45) is 0 Å². The van der Waals surface area contributed by atoms with E-state index in [1.165, 1.54) is 0 Å². The number of amides is 2. The van der Waals surface area contributed by atoms with Crippen molar-refractivity contribution in [1.29, 1.82) is 0 Å². The number of urea groups is 1. The normalized spacial score (nSPS) is 10.4. The van der Waals surface area contributed by atoms with E-state index in [1.807, 2.05) is 38.1 Å². The van der Waals surface area contributed by atoms with Crippen LogP contribution in [0.2, 0.25) is 0 Å². The fourth-order valence-corrected chi connectivity index (χ4v) is 1.48. The number of carbonyl (C=O) groups excluding carboxylic acids is 1. The Balaban J connectivity index is 2.65. The number of para-hydroxylation sites is 1. The fraction of sp³-hybridized carbons (Fsp3) is 0.462. The molecule has 0 unspecified atom stereocenters. The van der Waals surface area contributed by atoms with Crippen LogP contribution >= 0.6 is 0 Å². The minimum atomic E-state index is -0.163. The summed E-state index contributed by atoms with van der Waals surface area (Å²) in [4.78, 5) is 11.6. The molecule has 0 aliphatic heterocycles. The molecule has 0 atom stereocenters. The highest BCUT2D eigenvalue weighted by Crippen LogP contribution is 2.14. The van der Waals surface area contributed by atoms with Gasteiger partial charge in [0.1, 0.15) is 0 Å². The quantitative estimate of drug-likeness (QED) is 0.733. The summed E-state index contributed by atoms with van der Waals surface area (Å²) in [5.74, 6) is 0. The average molecular weight is 235 g/mol. The first-order valence-electron chi connectivity index (χ1n) is 5.99. The Labute approximate surface area is 103 Å². The van der Waals surface area contributed by atoms with Gasteiger partial charge in [0.15, 0.2) is 0 Å². The first-order chi connectivity index (χ1) is 8.13. The van der Waals surface area contributed by atoms with Crippen molar-refractivity contribution in [3.63, 3.8) is 0 Å². The highest BCUT2D eigenvalue weighted by atomic mass is 16.2. The lowest BCUT2D eigenvalue weighted by molar-refractivity contribution is 0.250. The third kappa shape index (κ3) is 4.87. The molecule has 3 N–H and O–H groups in total. The highest BCUT2D eigenvalue weighted by molar-refractivity contribution is 5.90. The predicted molar refractivity (Wildman–Crippen MR) is 71.1 cm³/mol. The molecule has 94 valence electrons. The maximum atomic E-state index is 11.6. The fourth-order valence-electron chi connectivity index (χ4n) is 1.48. The Kier molecular flexibility index (Phi) is 5.49. The second-order valence-electron chi connectivity index (χ2n) is 4.19. The van der Waals surface area contributed by atoms with Gasteiger partial charge in [-0.15, -0.1) is 0 Å². The summed E-state index contributed by atoms with van der Waals surface area (Å²) in [5, 5.41) is 8.91. The zero-order valence-electron chi connectivity index (χ0n) is 10.7. The molecule has 0 aliphatic carbocycles. The third-order valence-corrected chi connectivity index (χ3v) is 2.25. The van der Waals surface area contributed by atoms with Crippen LogP contribution in [0.1, 0.15) is 26.3 Å². The highest BCUT2D eigenvalue weighted by Gasteiger charge is 2.06. The smallest absolute Gasteiger partial charge is 0.319 e. The van der Waals surface area contributed by atoms with Crippen LogP contribution < -0.4 is 16.0 Å². The van der Waals surface area contributed by atoms with Gasteiger partial charge in [-0.25, -0.2) is 4.79 Å². The summed E-state index contributed by atoms with van der Waals surface area (Å²) in [6.07, 6.45) is 0. The van der Waals surface area contributed by atoms with Gasteiger partial charge in [-0.3, -0.25) is 0 Å². The maximum Gasteiger partial charge on any atom is 0.319 e. The Morgan fingerprint density at radius 2 is 2.00 bits per heavy atom. The molecule has 17 heavy (non-hydrogen) atoms. The van der Waals surface area contributed by atoms with Crippen molar-refractivity contribution < 1.29 is 4.79 Å². The van der Waals surface area contributed by atoms with Crippen molar-refractivity contribution in [3.8, 4) is 0 Å². The summed E-state index contributed by atoms with van der Waals surface area (Å²) in [5.41, 5.74) is 1.94. The molecule has 1 aromatic carbocycles. The molecule has 0 saturated carbocycles. The van der Waals surface area contributed by atoms with Crippen LogP contribution in [0.15, 0.2) is 24.3 Å². The molecule has 1 rings (SSSR count). The van der Waals surface area contributed by atoms with E-state index in [0.29, 0.717) is 0 Å². The van der Waals surface area contributed by atoms with Gasteiger partial charge in [-0.2, -0.15) is 0 Å². The summed E-state index contributed by atoms with van der Waals surface area (Å²) >= 11 is 0. The zero-order valence-corrected chi connectivity index (χ0v) is 10.7. The molecule has 0 fully saturated rings. The van der Waals surface area contributed by atoms with E-state index in [2.05, 4.69) is 22.9 Å². The van der Waals surface area contributed by atoms with Crippen LogP contribution in [-0.4, -0.2) is 18.6 Å². The lowest BCUT2D eigenvalue weighted by Crippen LogP contribution is -2.34. The average Bonchev–Trinajstić information content (AvgIpc) is 2.26. The molecular formula is C13H21N3O. The summed E-state index contributed by atoms with van der Waals surface area (Å²) in [6, 6.07) is 7.78. The minimum Gasteiger partial charge on any atom is -0.336 e. The Hall–Kier alpha value is -1.55. The first kappa shape index (κ1) is 13.5. The van der Waals surface area contributed by atoms with Crippen molar-refractivity contribution in [2.75, 3.05) is 11.9 Å². The molecule has 0 aromatic heterocycles. The molecule has 0 aliphatic rings. The molecule has 4 nitrogen and oxygen atoms in total. The van der Waals surface area contributed by atoms with Gasteiger partial charge in [0.05, 0.1) is 0 Å². The van der Waals surface area contributed by atoms with E-state index < -0.39 is 0 Å². The van der Waals surface area contributed by atoms with Crippen molar-refractivity contribution in [3.05, 3.63) is 29.8 Å². The Morgan fingerprint density at radius 1 is 1.29 bits per heavy atom. The summed E-state index contributed by atoms with van der Waals surface area (Å²) in [6.45, 7) is 7.59. The van der Waals surface area contributed by atoms with Gasteiger partial charge >= 0.3 is 6.03 Å². The summed E-state index contributed by atoms with van der Waals surface area (Å²) < 4.78 is 0. The SMILES string of the molecule is CCNCc1ccccc1NC(=O)NC(C)C. The number of benzene rings is 1.